The number of benzene rings is 8. The summed E-state index contributed by atoms with van der Waals surface area (Å²) in [6, 6.07) is 56.5. The molecule has 0 N–H and O–H groups in total. The number of aryl methyl sites for hydroxylation is 1. The number of para-hydroxylation sites is 2. The molecule has 288 valence electrons. The average molecular weight is 784 g/mol. The van der Waals surface area contributed by atoms with Crippen LogP contribution in [-0.4, -0.2) is 14.5 Å². The van der Waals surface area contributed by atoms with E-state index in [0.717, 1.165) is 108 Å². The molecule has 1 aliphatic carbocycles. The summed E-state index contributed by atoms with van der Waals surface area (Å²) in [5.41, 5.74) is 12.9. The highest BCUT2D eigenvalue weighted by atomic mass is 16.3. The maximum absolute atomic E-state index is 6.82. The highest BCUT2D eigenvalue weighted by Gasteiger charge is 2.26. The van der Waals surface area contributed by atoms with E-state index in [-0.39, 0.29) is 0 Å². The van der Waals surface area contributed by atoms with Crippen LogP contribution in [0.15, 0.2) is 173 Å². The molecule has 5 nitrogen and oxygen atoms in total. The van der Waals surface area contributed by atoms with E-state index in [4.69, 9.17) is 18.8 Å². The molecule has 13 rings (SSSR count). The summed E-state index contributed by atoms with van der Waals surface area (Å²) >= 11 is 0. The number of hydrogen-bond donors (Lipinski definition) is 0. The summed E-state index contributed by atoms with van der Waals surface area (Å²) in [5, 5.41) is 10.5. The van der Waals surface area contributed by atoms with Gasteiger partial charge in [-0.1, -0.05) is 116 Å². The van der Waals surface area contributed by atoms with Crippen molar-refractivity contribution >= 4 is 82.3 Å². The van der Waals surface area contributed by atoms with Crippen molar-refractivity contribution in [3.8, 4) is 39.6 Å². The molecule has 0 unspecified atom stereocenters. The molecule has 0 fully saturated rings. The molecule has 4 aromatic heterocycles. The van der Waals surface area contributed by atoms with E-state index in [2.05, 4.69) is 169 Å². The Morgan fingerprint density at radius 2 is 1.23 bits per heavy atom. The Kier molecular flexibility index (Phi) is 7.34. The molecule has 0 saturated carbocycles. The minimum atomic E-state index is 0.663. The fourth-order valence-corrected chi connectivity index (χ4v) is 9.96. The Balaban J connectivity index is 1.13. The molecule has 12 aromatic rings. The van der Waals surface area contributed by atoms with E-state index in [9.17, 15) is 0 Å². The third-order valence-electron chi connectivity index (χ3n) is 12.8. The van der Waals surface area contributed by atoms with Crippen molar-refractivity contribution in [1.82, 2.24) is 14.5 Å². The zero-order valence-corrected chi connectivity index (χ0v) is 33.4. The van der Waals surface area contributed by atoms with E-state index in [0.29, 0.717) is 5.82 Å². The molecule has 0 radical (unpaired) electrons. The molecule has 0 saturated heterocycles. The van der Waals surface area contributed by atoms with Crippen molar-refractivity contribution in [2.45, 2.75) is 26.2 Å². The molecule has 0 aliphatic heterocycles. The number of nitrogens with zero attached hydrogens (tertiary/aromatic N) is 3. The fraction of sp³-hybridized carbons (Fsp3) is 0.0714. The van der Waals surface area contributed by atoms with Crippen molar-refractivity contribution in [3.05, 3.63) is 181 Å². The zero-order chi connectivity index (χ0) is 40.2. The third kappa shape index (κ3) is 5.20. The van der Waals surface area contributed by atoms with Gasteiger partial charge in [-0.2, -0.15) is 0 Å². The molecule has 4 heterocycles. The van der Waals surface area contributed by atoms with Gasteiger partial charge in [-0.25, -0.2) is 9.97 Å². The van der Waals surface area contributed by atoms with E-state index in [1.165, 1.54) is 37.9 Å². The first-order valence-electron chi connectivity index (χ1n) is 21.2. The molecule has 0 spiro atoms. The fourth-order valence-electron chi connectivity index (χ4n) is 9.96. The van der Waals surface area contributed by atoms with Gasteiger partial charge in [0.2, 0.25) is 0 Å². The number of furan rings is 2. The monoisotopic (exact) mass is 783 g/mol. The van der Waals surface area contributed by atoms with Gasteiger partial charge in [-0.3, -0.25) is 0 Å². The van der Waals surface area contributed by atoms with Crippen LogP contribution < -0.4 is 0 Å². The van der Waals surface area contributed by atoms with Gasteiger partial charge in [0.1, 0.15) is 22.5 Å². The minimum Gasteiger partial charge on any atom is -0.456 e. The molecular weight excluding hydrogens is 747 g/mol. The number of fused-ring (bicyclic) bond motifs is 11. The van der Waals surface area contributed by atoms with Gasteiger partial charge in [0, 0.05) is 60.8 Å². The number of aromatic nitrogens is 3. The second-order valence-electron chi connectivity index (χ2n) is 16.3. The van der Waals surface area contributed by atoms with Crippen molar-refractivity contribution < 1.29 is 8.83 Å². The SMILES string of the molecule is CCc1c(-c2ccc3ccccc3c2)nc(-c2cc(-n3c4ccccc4c4cc5ccccc5cc43)cc3oc4c(c23)CCC=C4)nc1-c1ccc2c(c1)oc1ccccc12. The zero-order valence-electron chi connectivity index (χ0n) is 33.4. The van der Waals surface area contributed by atoms with Crippen LogP contribution in [0.25, 0.3) is 122 Å². The van der Waals surface area contributed by atoms with E-state index in [1.54, 1.807) is 0 Å². The van der Waals surface area contributed by atoms with Crippen LogP contribution in [-0.2, 0) is 12.8 Å². The molecule has 8 aromatic carbocycles. The van der Waals surface area contributed by atoms with Crippen LogP contribution in [0.4, 0.5) is 0 Å². The topological polar surface area (TPSA) is 57.0 Å². The van der Waals surface area contributed by atoms with E-state index < -0.39 is 0 Å². The van der Waals surface area contributed by atoms with Crippen LogP contribution in [0.3, 0.4) is 0 Å². The van der Waals surface area contributed by atoms with Crippen LogP contribution in [0.5, 0.6) is 0 Å². The summed E-state index contributed by atoms with van der Waals surface area (Å²) in [6.07, 6.45) is 6.91. The Labute approximate surface area is 350 Å². The van der Waals surface area contributed by atoms with Crippen LogP contribution in [0.1, 0.15) is 30.2 Å². The van der Waals surface area contributed by atoms with Gasteiger partial charge in [0.05, 0.1) is 28.1 Å². The normalized spacial score (nSPS) is 12.9. The highest BCUT2D eigenvalue weighted by molar-refractivity contribution is 6.14. The molecule has 1 aliphatic rings. The maximum Gasteiger partial charge on any atom is 0.161 e. The van der Waals surface area contributed by atoms with Gasteiger partial charge in [0.15, 0.2) is 5.82 Å². The standard InChI is InChI=1S/C56H37N3O2/c1-2-40-54(37-24-23-33-13-3-4-14-34(33)27-37)57-56(58-55(40)38-25-26-43-42-18-8-11-21-49(42)60-51(43)30-38)46-31-39(32-52-53(46)44-19-9-12-22-50(44)61-52)59-47-20-10-7-17-41(47)45-28-35-15-5-6-16-36(35)29-48(45)59/h3-8,10-18,20-32H,2,9,19H2,1H3. The minimum absolute atomic E-state index is 0.663. The summed E-state index contributed by atoms with van der Waals surface area (Å²) < 4.78 is 15.7. The first kappa shape index (κ1) is 34.1. The van der Waals surface area contributed by atoms with Gasteiger partial charge >= 0.3 is 0 Å². The van der Waals surface area contributed by atoms with Gasteiger partial charge in [0.25, 0.3) is 0 Å². The predicted octanol–water partition coefficient (Wildman–Crippen LogP) is 15.0. The van der Waals surface area contributed by atoms with Gasteiger partial charge in [-0.15, -0.1) is 0 Å². The largest absolute Gasteiger partial charge is 0.456 e. The molecular formula is C56H37N3O2. The van der Waals surface area contributed by atoms with Crippen molar-refractivity contribution in [1.29, 1.82) is 0 Å². The first-order chi connectivity index (χ1) is 30.2. The Morgan fingerprint density at radius 1 is 0.541 bits per heavy atom. The van der Waals surface area contributed by atoms with Crippen LogP contribution in [0.2, 0.25) is 0 Å². The second kappa shape index (κ2) is 13.1. The maximum atomic E-state index is 6.82. The van der Waals surface area contributed by atoms with Crippen molar-refractivity contribution in [2.24, 2.45) is 0 Å². The lowest BCUT2D eigenvalue weighted by molar-refractivity contribution is 0.595. The number of hydrogen-bond acceptors (Lipinski definition) is 4. The Morgan fingerprint density at radius 3 is 2.07 bits per heavy atom. The smallest absolute Gasteiger partial charge is 0.161 e. The molecule has 0 bridgehead atoms. The number of rotatable bonds is 5. The average Bonchev–Trinajstić information content (AvgIpc) is 3.99. The molecule has 5 heteroatoms. The molecule has 0 atom stereocenters. The van der Waals surface area contributed by atoms with E-state index in [1.807, 2.05) is 12.1 Å². The van der Waals surface area contributed by atoms with Gasteiger partial charge < -0.3 is 13.4 Å². The van der Waals surface area contributed by atoms with Crippen LogP contribution >= 0.6 is 0 Å². The summed E-state index contributed by atoms with van der Waals surface area (Å²) in [4.78, 5) is 11.3. The van der Waals surface area contributed by atoms with Crippen LogP contribution in [0, 0.1) is 0 Å². The predicted molar refractivity (Wildman–Crippen MR) is 251 cm³/mol. The Bertz CT molecular complexity index is 3820. The summed E-state index contributed by atoms with van der Waals surface area (Å²) in [7, 11) is 0. The second-order valence-corrected chi connectivity index (χ2v) is 16.3. The highest BCUT2D eigenvalue weighted by Crippen LogP contribution is 2.44. The van der Waals surface area contributed by atoms with Crippen molar-refractivity contribution in [2.75, 3.05) is 0 Å². The van der Waals surface area contributed by atoms with E-state index >= 15 is 0 Å². The lowest BCUT2D eigenvalue weighted by Gasteiger charge is -2.17. The first-order valence-corrected chi connectivity index (χ1v) is 21.2. The number of allylic oxidation sites excluding steroid dienone is 1. The lowest BCUT2D eigenvalue weighted by atomic mass is 9.94. The quantitative estimate of drug-likeness (QED) is 0.174. The molecule has 61 heavy (non-hydrogen) atoms. The Hall–Kier alpha value is -7.76. The molecule has 0 amide bonds. The van der Waals surface area contributed by atoms with Gasteiger partial charge in [-0.05, 0) is 95.4 Å². The van der Waals surface area contributed by atoms with Crippen molar-refractivity contribution in [3.63, 3.8) is 0 Å². The third-order valence-corrected chi connectivity index (χ3v) is 12.8. The summed E-state index contributed by atoms with van der Waals surface area (Å²) in [6.45, 7) is 2.20. The summed E-state index contributed by atoms with van der Waals surface area (Å²) in [5.74, 6) is 1.57. The lowest BCUT2D eigenvalue weighted by Crippen LogP contribution is -2.04.